The summed E-state index contributed by atoms with van der Waals surface area (Å²) >= 11 is 0. The largest absolute Gasteiger partial charge is 0.496 e. The Hall–Kier alpha value is -3.93. The van der Waals surface area contributed by atoms with Crippen LogP contribution in [0.5, 0.6) is 5.75 Å². The minimum Gasteiger partial charge on any atom is -0.496 e. The molecule has 5 rings (SSSR count). The second-order valence-corrected chi connectivity index (χ2v) is 7.52. The molecule has 2 aromatic carbocycles. The number of rotatable bonds is 4. The van der Waals surface area contributed by atoms with Gasteiger partial charge in [-0.2, -0.15) is 0 Å². The van der Waals surface area contributed by atoms with Crippen molar-refractivity contribution in [3.05, 3.63) is 96.2 Å². The number of pyridine rings is 1. The number of para-hydroxylation sites is 2. The lowest BCUT2D eigenvalue weighted by atomic mass is 10.1. The summed E-state index contributed by atoms with van der Waals surface area (Å²) < 4.78 is 7.64. The zero-order valence-electron chi connectivity index (χ0n) is 17.2. The molecule has 0 radical (unpaired) electrons. The number of methoxy groups -OCH3 is 1. The molecule has 0 saturated carbocycles. The van der Waals surface area contributed by atoms with E-state index in [1.807, 2.05) is 65.7 Å². The summed E-state index contributed by atoms with van der Waals surface area (Å²) in [4.78, 5) is 24.2. The molecule has 1 amide bonds. The molecule has 31 heavy (non-hydrogen) atoms. The number of fused-ring (bicyclic) bond motifs is 2. The van der Waals surface area contributed by atoms with E-state index in [2.05, 4.69) is 15.6 Å². The summed E-state index contributed by atoms with van der Waals surface area (Å²) in [7, 11) is 1.66. The number of carbonyl (C=O) groups is 1. The molecule has 6 heteroatoms. The van der Waals surface area contributed by atoms with Crippen LogP contribution >= 0.6 is 0 Å². The predicted molar refractivity (Wildman–Crippen MR) is 119 cm³/mol. The van der Waals surface area contributed by atoms with Crippen LogP contribution in [0.1, 0.15) is 17.0 Å². The maximum Gasteiger partial charge on any atom is 0.231 e. The van der Waals surface area contributed by atoms with Crippen molar-refractivity contribution in [2.45, 2.75) is 19.5 Å². The van der Waals surface area contributed by atoms with E-state index in [9.17, 15) is 4.79 Å². The molecule has 1 aliphatic rings. The van der Waals surface area contributed by atoms with Crippen molar-refractivity contribution >= 4 is 11.6 Å². The van der Waals surface area contributed by atoms with Crippen molar-refractivity contribution in [1.29, 1.82) is 0 Å². The van der Waals surface area contributed by atoms with Crippen LogP contribution in [0.15, 0.2) is 79.3 Å². The molecule has 0 unspecified atom stereocenters. The number of nitrogens with zero attached hydrogens (tertiary/aromatic N) is 4. The van der Waals surface area contributed by atoms with Crippen molar-refractivity contribution < 1.29 is 9.53 Å². The third kappa shape index (κ3) is 3.68. The first-order chi connectivity index (χ1) is 15.2. The molecule has 0 spiro atoms. The first-order valence-electron chi connectivity index (χ1n) is 10.2. The molecule has 3 heterocycles. The molecule has 0 bridgehead atoms. The molecule has 0 atom stereocenters. The topological polar surface area (TPSA) is 60.2 Å². The van der Waals surface area contributed by atoms with E-state index in [4.69, 9.17) is 9.72 Å². The summed E-state index contributed by atoms with van der Waals surface area (Å²) in [6.07, 6.45) is 5.79. The van der Waals surface area contributed by atoms with Crippen LogP contribution < -0.4 is 9.64 Å². The SMILES string of the molecule is COc1ccccc1-c1cn2c(n1)CN(C(=O)Cc1cccnc1)c1ccccc1C2. The van der Waals surface area contributed by atoms with Crippen LogP contribution in [0, 0.1) is 0 Å². The Balaban J connectivity index is 1.53. The van der Waals surface area contributed by atoms with E-state index in [0.29, 0.717) is 19.5 Å². The lowest BCUT2D eigenvalue weighted by molar-refractivity contribution is -0.118. The highest BCUT2D eigenvalue weighted by Gasteiger charge is 2.26. The monoisotopic (exact) mass is 410 g/mol. The molecule has 6 nitrogen and oxygen atoms in total. The maximum absolute atomic E-state index is 13.3. The first-order valence-corrected chi connectivity index (χ1v) is 10.2. The number of amides is 1. The molecular formula is C25H22N4O2. The first kappa shape index (κ1) is 19.1. The van der Waals surface area contributed by atoms with Gasteiger partial charge in [0.1, 0.15) is 11.6 Å². The van der Waals surface area contributed by atoms with Gasteiger partial charge in [-0.25, -0.2) is 4.98 Å². The fraction of sp³-hybridized carbons (Fsp3) is 0.160. The smallest absolute Gasteiger partial charge is 0.231 e. The molecule has 0 fully saturated rings. The molecule has 0 saturated heterocycles. The second-order valence-electron chi connectivity index (χ2n) is 7.52. The highest BCUT2D eigenvalue weighted by atomic mass is 16.5. The molecule has 2 aromatic heterocycles. The van der Waals surface area contributed by atoms with Crippen LogP contribution in [0.25, 0.3) is 11.3 Å². The van der Waals surface area contributed by atoms with Crippen LogP contribution in [0.4, 0.5) is 5.69 Å². The van der Waals surface area contributed by atoms with Gasteiger partial charge in [0.25, 0.3) is 0 Å². The van der Waals surface area contributed by atoms with Crippen molar-refractivity contribution in [2.24, 2.45) is 0 Å². The van der Waals surface area contributed by atoms with Gasteiger partial charge >= 0.3 is 0 Å². The Kier molecular flexibility index (Phi) is 4.96. The lowest BCUT2D eigenvalue weighted by Crippen LogP contribution is -2.32. The molecule has 0 N–H and O–H groups in total. The quantitative estimate of drug-likeness (QED) is 0.508. The number of anilines is 1. The molecule has 4 aromatic rings. The number of carbonyl (C=O) groups excluding carboxylic acids is 1. The zero-order valence-corrected chi connectivity index (χ0v) is 17.2. The molecular weight excluding hydrogens is 388 g/mol. The fourth-order valence-corrected chi connectivity index (χ4v) is 4.02. The Morgan fingerprint density at radius 1 is 1.03 bits per heavy atom. The van der Waals surface area contributed by atoms with Crippen LogP contribution in [0.2, 0.25) is 0 Å². The van der Waals surface area contributed by atoms with Gasteiger partial charge in [-0.05, 0) is 35.4 Å². The summed E-state index contributed by atoms with van der Waals surface area (Å²) in [6.45, 7) is 1.07. The van der Waals surface area contributed by atoms with Gasteiger partial charge in [-0.3, -0.25) is 9.78 Å². The van der Waals surface area contributed by atoms with Gasteiger partial charge in [0.2, 0.25) is 5.91 Å². The number of benzene rings is 2. The van der Waals surface area contributed by atoms with Gasteiger partial charge in [0.15, 0.2) is 0 Å². The second kappa shape index (κ2) is 8.07. The molecule has 1 aliphatic heterocycles. The van der Waals surface area contributed by atoms with Crippen LogP contribution in [0.3, 0.4) is 0 Å². The van der Waals surface area contributed by atoms with Gasteiger partial charge in [0.05, 0.1) is 32.3 Å². The van der Waals surface area contributed by atoms with Crippen molar-refractivity contribution in [2.75, 3.05) is 12.0 Å². The standard InChI is InChI=1S/C25H22N4O2/c1-31-23-11-5-3-9-20(23)21-16-28-15-19-8-2-4-10-22(19)29(17-24(28)27-21)25(30)13-18-7-6-12-26-14-18/h2-12,14,16H,13,15,17H2,1H3. The maximum atomic E-state index is 13.3. The number of aromatic nitrogens is 3. The lowest BCUT2D eigenvalue weighted by Gasteiger charge is -2.22. The summed E-state index contributed by atoms with van der Waals surface area (Å²) in [6, 6.07) is 19.7. The zero-order chi connectivity index (χ0) is 21.2. The van der Waals surface area contributed by atoms with E-state index in [1.54, 1.807) is 19.5 Å². The Morgan fingerprint density at radius 2 is 1.87 bits per heavy atom. The van der Waals surface area contributed by atoms with Gasteiger partial charge in [-0.1, -0.05) is 36.4 Å². The highest BCUT2D eigenvalue weighted by Crippen LogP contribution is 2.32. The normalized spacial score (nSPS) is 12.6. The molecule has 154 valence electrons. The Bertz CT molecular complexity index is 1230. The van der Waals surface area contributed by atoms with Gasteiger partial charge in [0, 0.05) is 29.8 Å². The van der Waals surface area contributed by atoms with Crippen LogP contribution in [-0.4, -0.2) is 27.6 Å². The van der Waals surface area contributed by atoms with E-state index in [-0.39, 0.29) is 5.91 Å². The minimum absolute atomic E-state index is 0.0238. The predicted octanol–water partition coefficient (Wildman–Crippen LogP) is 4.09. The van der Waals surface area contributed by atoms with E-state index >= 15 is 0 Å². The van der Waals surface area contributed by atoms with Crippen molar-refractivity contribution in [3.8, 4) is 17.0 Å². The van der Waals surface area contributed by atoms with Gasteiger partial charge in [-0.15, -0.1) is 0 Å². The van der Waals surface area contributed by atoms with E-state index in [1.165, 1.54) is 0 Å². The number of hydrogen-bond acceptors (Lipinski definition) is 4. The van der Waals surface area contributed by atoms with E-state index < -0.39 is 0 Å². The minimum atomic E-state index is 0.0238. The van der Waals surface area contributed by atoms with Crippen molar-refractivity contribution in [3.63, 3.8) is 0 Å². The fourth-order valence-electron chi connectivity index (χ4n) is 4.02. The average molecular weight is 410 g/mol. The number of imidazole rings is 1. The highest BCUT2D eigenvalue weighted by molar-refractivity contribution is 5.95. The van der Waals surface area contributed by atoms with Gasteiger partial charge < -0.3 is 14.2 Å². The number of hydrogen-bond donors (Lipinski definition) is 0. The summed E-state index contributed by atoms with van der Waals surface area (Å²) in [5.74, 6) is 1.65. The molecule has 0 aliphatic carbocycles. The third-order valence-corrected chi connectivity index (χ3v) is 5.54. The Labute approximate surface area is 180 Å². The summed E-state index contributed by atoms with van der Waals surface area (Å²) in [5, 5.41) is 0. The van der Waals surface area contributed by atoms with Crippen LogP contribution in [-0.2, 0) is 24.3 Å². The average Bonchev–Trinajstić information content (AvgIpc) is 3.13. The van der Waals surface area contributed by atoms with Crippen molar-refractivity contribution in [1.82, 2.24) is 14.5 Å². The Morgan fingerprint density at radius 3 is 2.71 bits per heavy atom. The summed E-state index contributed by atoms with van der Waals surface area (Å²) in [5.41, 5.74) is 4.69. The van der Waals surface area contributed by atoms with E-state index in [0.717, 1.165) is 39.6 Å². The third-order valence-electron chi connectivity index (χ3n) is 5.54. The number of ether oxygens (including phenoxy) is 1.